The number of amides is 1. The number of carbonyl (C=O) groups excluding carboxylic acids is 1. The number of benzene rings is 1. The van der Waals surface area contributed by atoms with E-state index in [-0.39, 0.29) is 5.91 Å². The van der Waals surface area contributed by atoms with Crippen LogP contribution in [0.1, 0.15) is 23.2 Å². The number of hydrogen-bond acceptors (Lipinski definition) is 2. The number of aromatic nitrogens is 1. The van der Waals surface area contributed by atoms with E-state index in [0.29, 0.717) is 0 Å². The molecule has 0 saturated carbocycles. The van der Waals surface area contributed by atoms with Crippen molar-refractivity contribution < 1.29 is 4.79 Å². The van der Waals surface area contributed by atoms with Crippen LogP contribution in [0.5, 0.6) is 0 Å². The molecule has 0 radical (unpaired) electrons. The molecule has 4 heteroatoms. The Labute approximate surface area is 112 Å². The average Bonchev–Trinajstić information content (AvgIpc) is 3.08. The van der Waals surface area contributed by atoms with Crippen LogP contribution in [0.3, 0.4) is 0 Å². The fourth-order valence-electron chi connectivity index (χ4n) is 2.71. The summed E-state index contributed by atoms with van der Waals surface area (Å²) in [6.45, 7) is 4.01. The molecule has 1 amide bonds. The molecule has 1 aliphatic heterocycles. The van der Waals surface area contributed by atoms with Crippen LogP contribution in [0.2, 0.25) is 0 Å². The van der Waals surface area contributed by atoms with Gasteiger partial charge in [0.05, 0.1) is 0 Å². The third-order valence-corrected chi connectivity index (χ3v) is 3.75. The van der Waals surface area contributed by atoms with E-state index in [1.54, 1.807) is 0 Å². The lowest BCUT2D eigenvalue weighted by molar-refractivity contribution is 0.0951. The Hall–Kier alpha value is -1.81. The van der Waals surface area contributed by atoms with Crippen molar-refractivity contribution in [2.45, 2.75) is 12.8 Å². The van der Waals surface area contributed by atoms with E-state index in [1.165, 1.54) is 25.9 Å². The summed E-state index contributed by atoms with van der Waals surface area (Å²) in [5, 5.41) is 4.00. The minimum atomic E-state index is 0.0180. The predicted molar refractivity (Wildman–Crippen MR) is 76.3 cm³/mol. The van der Waals surface area contributed by atoms with Gasteiger partial charge >= 0.3 is 0 Å². The number of carbonyl (C=O) groups is 1. The molecule has 0 bridgehead atoms. The normalized spacial score (nSPS) is 16.0. The molecule has 19 heavy (non-hydrogen) atoms. The van der Waals surface area contributed by atoms with Crippen molar-refractivity contribution in [1.82, 2.24) is 15.2 Å². The maximum absolute atomic E-state index is 12.2. The van der Waals surface area contributed by atoms with Gasteiger partial charge in [-0.3, -0.25) is 4.79 Å². The first-order valence-electron chi connectivity index (χ1n) is 6.91. The van der Waals surface area contributed by atoms with Crippen molar-refractivity contribution in [1.29, 1.82) is 0 Å². The largest absolute Gasteiger partial charge is 0.361 e. The van der Waals surface area contributed by atoms with Gasteiger partial charge in [-0.1, -0.05) is 6.07 Å². The summed E-state index contributed by atoms with van der Waals surface area (Å²) in [5.41, 5.74) is 1.76. The molecule has 3 rings (SSSR count). The molecular weight excluding hydrogens is 238 g/mol. The van der Waals surface area contributed by atoms with E-state index in [9.17, 15) is 4.79 Å². The fourth-order valence-corrected chi connectivity index (χ4v) is 2.71. The first-order chi connectivity index (χ1) is 9.34. The number of fused-ring (bicyclic) bond motifs is 1. The van der Waals surface area contributed by atoms with Gasteiger partial charge in [0.2, 0.25) is 0 Å². The molecule has 2 aromatic rings. The monoisotopic (exact) mass is 257 g/mol. The lowest BCUT2D eigenvalue weighted by atomic mass is 10.1. The van der Waals surface area contributed by atoms with E-state index >= 15 is 0 Å². The summed E-state index contributed by atoms with van der Waals surface area (Å²) in [5.74, 6) is 0.0180. The molecule has 1 saturated heterocycles. The van der Waals surface area contributed by atoms with Gasteiger partial charge in [0.15, 0.2) is 0 Å². The van der Waals surface area contributed by atoms with Crippen molar-refractivity contribution in [3.63, 3.8) is 0 Å². The van der Waals surface area contributed by atoms with Crippen molar-refractivity contribution in [2.24, 2.45) is 0 Å². The summed E-state index contributed by atoms with van der Waals surface area (Å²) in [6.07, 6.45) is 4.44. The first-order valence-corrected chi connectivity index (χ1v) is 6.91. The third kappa shape index (κ3) is 2.63. The molecule has 0 unspecified atom stereocenters. The SMILES string of the molecule is O=C(NCCN1CCCC1)c1cccc2[nH]ccc12. The Morgan fingerprint density at radius 2 is 2.11 bits per heavy atom. The standard InChI is InChI=1S/C15H19N3O/c19-15(17-8-11-18-9-1-2-10-18)13-4-3-5-14-12(13)6-7-16-14/h3-7,16H,1-2,8-11H2,(H,17,19). The van der Waals surface area contributed by atoms with E-state index in [0.717, 1.165) is 29.6 Å². The summed E-state index contributed by atoms with van der Waals surface area (Å²) < 4.78 is 0. The van der Waals surface area contributed by atoms with Crippen LogP contribution in [0.4, 0.5) is 0 Å². The molecule has 1 fully saturated rings. The number of nitrogens with one attached hydrogen (secondary N) is 2. The van der Waals surface area contributed by atoms with E-state index in [1.807, 2.05) is 30.5 Å². The summed E-state index contributed by atoms with van der Waals surface area (Å²) in [4.78, 5) is 17.7. The van der Waals surface area contributed by atoms with E-state index in [4.69, 9.17) is 0 Å². The zero-order chi connectivity index (χ0) is 13.1. The molecule has 1 aromatic carbocycles. The van der Waals surface area contributed by atoms with E-state index < -0.39 is 0 Å². The lowest BCUT2D eigenvalue weighted by Crippen LogP contribution is -2.33. The van der Waals surface area contributed by atoms with Crippen LogP contribution >= 0.6 is 0 Å². The molecule has 1 aromatic heterocycles. The van der Waals surface area contributed by atoms with E-state index in [2.05, 4.69) is 15.2 Å². The Bertz CT molecular complexity index is 570. The second kappa shape index (κ2) is 5.45. The number of nitrogens with zero attached hydrogens (tertiary/aromatic N) is 1. The Balaban J connectivity index is 1.62. The predicted octanol–water partition coefficient (Wildman–Crippen LogP) is 1.99. The molecule has 0 atom stereocenters. The van der Waals surface area contributed by atoms with Gasteiger partial charge in [0.1, 0.15) is 0 Å². The van der Waals surface area contributed by atoms with Crippen LogP contribution in [-0.4, -0.2) is 42.0 Å². The third-order valence-electron chi connectivity index (χ3n) is 3.75. The van der Waals surface area contributed by atoms with Crippen LogP contribution < -0.4 is 5.32 Å². The fraction of sp³-hybridized carbons (Fsp3) is 0.400. The highest BCUT2D eigenvalue weighted by atomic mass is 16.1. The Kier molecular flexibility index (Phi) is 3.51. The van der Waals surface area contributed by atoms with Crippen LogP contribution in [0.25, 0.3) is 10.9 Å². The summed E-state index contributed by atoms with van der Waals surface area (Å²) >= 11 is 0. The molecular formula is C15H19N3O. The molecule has 2 heterocycles. The highest BCUT2D eigenvalue weighted by Gasteiger charge is 2.13. The summed E-state index contributed by atoms with van der Waals surface area (Å²) in [7, 11) is 0. The second-order valence-electron chi connectivity index (χ2n) is 5.05. The van der Waals surface area contributed by atoms with Gasteiger partial charge in [-0.05, 0) is 44.1 Å². The zero-order valence-electron chi connectivity index (χ0n) is 11.0. The highest BCUT2D eigenvalue weighted by Crippen LogP contribution is 2.17. The van der Waals surface area contributed by atoms with Gasteiger partial charge in [0.25, 0.3) is 5.91 Å². The van der Waals surface area contributed by atoms with Gasteiger partial charge in [0, 0.05) is 35.8 Å². The van der Waals surface area contributed by atoms with Crippen LogP contribution in [0, 0.1) is 0 Å². The quantitative estimate of drug-likeness (QED) is 0.880. The van der Waals surface area contributed by atoms with Crippen LogP contribution in [0.15, 0.2) is 30.5 Å². The molecule has 100 valence electrons. The number of aromatic amines is 1. The Morgan fingerprint density at radius 3 is 2.95 bits per heavy atom. The van der Waals surface area contributed by atoms with Gasteiger partial charge in [-0.25, -0.2) is 0 Å². The smallest absolute Gasteiger partial charge is 0.252 e. The maximum Gasteiger partial charge on any atom is 0.252 e. The van der Waals surface area contributed by atoms with Gasteiger partial charge in [-0.15, -0.1) is 0 Å². The van der Waals surface area contributed by atoms with Crippen LogP contribution in [-0.2, 0) is 0 Å². The van der Waals surface area contributed by atoms with Gasteiger partial charge < -0.3 is 15.2 Å². The topological polar surface area (TPSA) is 48.1 Å². The minimum Gasteiger partial charge on any atom is -0.361 e. The lowest BCUT2D eigenvalue weighted by Gasteiger charge is -2.14. The number of H-pyrrole nitrogens is 1. The molecule has 2 N–H and O–H groups in total. The molecule has 1 aliphatic rings. The maximum atomic E-state index is 12.2. The molecule has 0 spiro atoms. The number of rotatable bonds is 4. The van der Waals surface area contributed by atoms with Crippen molar-refractivity contribution >= 4 is 16.8 Å². The first kappa shape index (κ1) is 12.2. The van der Waals surface area contributed by atoms with Crippen molar-refractivity contribution in [2.75, 3.05) is 26.2 Å². The zero-order valence-corrected chi connectivity index (χ0v) is 11.0. The number of likely N-dealkylation sites (tertiary alicyclic amines) is 1. The van der Waals surface area contributed by atoms with Crippen molar-refractivity contribution in [3.8, 4) is 0 Å². The second-order valence-corrected chi connectivity index (χ2v) is 5.05. The molecule has 0 aliphatic carbocycles. The minimum absolute atomic E-state index is 0.0180. The van der Waals surface area contributed by atoms with Crippen molar-refractivity contribution in [3.05, 3.63) is 36.0 Å². The summed E-state index contributed by atoms with van der Waals surface area (Å²) in [6, 6.07) is 7.72. The Morgan fingerprint density at radius 1 is 1.26 bits per heavy atom. The highest BCUT2D eigenvalue weighted by molar-refractivity contribution is 6.06. The molecule has 4 nitrogen and oxygen atoms in total. The number of hydrogen-bond donors (Lipinski definition) is 2. The van der Waals surface area contributed by atoms with Gasteiger partial charge in [-0.2, -0.15) is 0 Å². The average molecular weight is 257 g/mol.